The first-order chi connectivity index (χ1) is 9.91. The van der Waals surface area contributed by atoms with E-state index in [1.165, 1.54) is 5.56 Å². The molecular weight excluding hydrogens is 305 g/mol. The van der Waals surface area contributed by atoms with Gasteiger partial charge in [-0.3, -0.25) is 0 Å². The Morgan fingerprint density at radius 2 is 1.71 bits per heavy atom. The Bertz CT molecular complexity index is 609. The van der Waals surface area contributed by atoms with Gasteiger partial charge >= 0.3 is 0 Å². The summed E-state index contributed by atoms with van der Waals surface area (Å²) in [7, 11) is 1.66. The number of ether oxygens (including phenoxy) is 1. The minimum atomic E-state index is -0.400. The first-order valence-electron chi connectivity index (χ1n) is 6.76. The summed E-state index contributed by atoms with van der Waals surface area (Å²) < 4.78 is 5.16. The van der Waals surface area contributed by atoms with Crippen LogP contribution >= 0.6 is 23.2 Å². The lowest BCUT2D eigenvalue weighted by Gasteiger charge is -2.25. The van der Waals surface area contributed by atoms with Gasteiger partial charge in [0.25, 0.3) is 0 Å². The van der Waals surface area contributed by atoms with Crippen molar-refractivity contribution in [2.24, 2.45) is 5.73 Å². The van der Waals surface area contributed by atoms with Gasteiger partial charge in [-0.1, -0.05) is 47.5 Å². The summed E-state index contributed by atoms with van der Waals surface area (Å²) in [6.45, 7) is 2.02. The van der Waals surface area contributed by atoms with Gasteiger partial charge in [0.1, 0.15) is 5.75 Å². The van der Waals surface area contributed by atoms with Crippen molar-refractivity contribution >= 4 is 23.2 Å². The standard InChI is InChI=1S/C17H19Cl2NO/c1-17(20,10-12-6-8-14(21-2)9-7-12)11-13-4-3-5-15(18)16(13)19/h3-9H,10-11,20H2,1-2H3. The van der Waals surface area contributed by atoms with E-state index in [1.54, 1.807) is 13.2 Å². The molecule has 1 atom stereocenters. The van der Waals surface area contributed by atoms with Crippen LogP contribution in [0.2, 0.25) is 10.0 Å². The topological polar surface area (TPSA) is 35.2 Å². The van der Waals surface area contributed by atoms with Crippen LogP contribution in [0.1, 0.15) is 18.1 Å². The highest BCUT2D eigenvalue weighted by Gasteiger charge is 2.21. The summed E-state index contributed by atoms with van der Waals surface area (Å²) in [6, 6.07) is 13.6. The molecule has 0 aliphatic carbocycles. The highest BCUT2D eigenvalue weighted by Crippen LogP contribution is 2.28. The Kier molecular flexibility index (Phi) is 5.15. The van der Waals surface area contributed by atoms with Crippen molar-refractivity contribution in [2.75, 3.05) is 7.11 Å². The van der Waals surface area contributed by atoms with E-state index in [9.17, 15) is 0 Å². The van der Waals surface area contributed by atoms with Crippen LogP contribution in [0, 0.1) is 0 Å². The second-order valence-corrected chi connectivity index (χ2v) is 6.35. The predicted molar refractivity (Wildman–Crippen MR) is 89.5 cm³/mol. The summed E-state index contributed by atoms with van der Waals surface area (Å²) in [5, 5.41) is 1.15. The average molecular weight is 324 g/mol. The molecule has 0 fully saturated rings. The molecule has 0 spiro atoms. The fourth-order valence-electron chi connectivity index (χ4n) is 2.39. The molecule has 0 heterocycles. The summed E-state index contributed by atoms with van der Waals surface area (Å²) in [5.41, 5.74) is 8.18. The van der Waals surface area contributed by atoms with Crippen molar-refractivity contribution < 1.29 is 4.74 Å². The maximum atomic E-state index is 6.44. The van der Waals surface area contributed by atoms with Gasteiger partial charge in [-0.05, 0) is 49.1 Å². The zero-order valence-corrected chi connectivity index (χ0v) is 13.7. The van der Waals surface area contributed by atoms with Crippen LogP contribution in [0.3, 0.4) is 0 Å². The third-order valence-corrected chi connectivity index (χ3v) is 4.25. The van der Waals surface area contributed by atoms with Gasteiger partial charge in [-0.25, -0.2) is 0 Å². The van der Waals surface area contributed by atoms with Gasteiger partial charge in [0.05, 0.1) is 17.2 Å². The molecule has 2 nitrogen and oxygen atoms in total. The largest absolute Gasteiger partial charge is 0.497 e. The molecule has 2 N–H and O–H groups in total. The first kappa shape index (κ1) is 16.2. The number of hydrogen-bond donors (Lipinski definition) is 1. The monoisotopic (exact) mass is 323 g/mol. The zero-order chi connectivity index (χ0) is 15.5. The highest BCUT2D eigenvalue weighted by atomic mass is 35.5. The van der Waals surface area contributed by atoms with Crippen molar-refractivity contribution in [3.05, 3.63) is 63.6 Å². The molecule has 1 unspecified atom stereocenters. The molecule has 0 aromatic heterocycles. The number of methoxy groups -OCH3 is 1. The second kappa shape index (κ2) is 6.69. The fourth-order valence-corrected chi connectivity index (χ4v) is 2.78. The Morgan fingerprint density at radius 3 is 2.33 bits per heavy atom. The van der Waals surface area contributed by atoms with E-state index in [0.717, 1.165) is 17.7 Å². The maximum Gasteiger partial charge on any atom is 0.118 e. The van der Waals surface area contributed by atoms with E-state index in [2.05, 4.69) is 0 Å². The molecule has 0 saturated heterocycles. The van der Waals surface area contributed by atoms with E-state index in [4.69, 9.17) is 33.7 Å². The Morgan fingerprint density at radius 1 is 1.05 bits per heavy atom. The summed E-state index contributed by atoms with van der Waals surface area (Å²) in [6.07, 6.45) is 1.41. The van der Waals surface area contributed by atoms with Crippen molar-refractivity contribution in [3.8, 4) is 5.75 Å². The molecule has 21 heavy (non-hydrogen) atoms. The quantitative estimate of drug-likeness (QED) is 0.878. The third kappa shape index (κ3) is 4.37. The van der Waals surface area contributed by atoms with Gasteiger partial charge in [0, 0.05) is 5.54 Å². The Balaban J connectivity index is 2.12. The molecular formula is C17H19Cl2NO. The molecule has 0 saturated carbocycles. The van der Waals surface area contributed by atoms with Gasteiger partial charge in [0.15, 0.2) is 0 Å². The molecule has 4 heteroatoms. The smallest absolute Gasteiger partial charge is 0.118 e. The van der Waals surface area contributed by atoms with E-state index in [-0.39, 0.29) is 0 Å². The lowest BCUT2D eigenvalue weighted by Crippen LogP contribution is -2.41. The molecule has 2 rings (SSSR count). The van der Waals surface area contributed by atoms with Gasteiger partial charge < -0.3 is 10.5 Å². The molecule has 2 aromatic carbocycles. The summed E-state index contributed by atoms with van der Waals surface area (Å²) >= 11 is 12.3. The minimum absolute atomic E-state index is 0.400. The van der Waals surface area contributed by atoms with Crippen LogP contribution in [-0.4, -0.2) is 12.6 Å². The first-order valence-corrected chi connectivity index (χ1v) is 7.51. The molecule has 0 aliphatic heterocycles. The molecule has 2 aromatic rings. The van der Waals surface area contributed by atoms with Gasteiger partial charge in [0.2, 0.25) is 0 Å². The van der Waals surface area contributed by atoms with E-state index in [1.807, 2.05) is 43.3 Å². The number of nitrogens with two attached hydrogens (primary N) is 1. The minimum Gasteiger partial charge on any atom is -0.497 e. The molecule has 0 bridgehead atoms. The number of rotatable bonds is 5. The van der Waals surface area contributed by atoms with Crippen molar-refractivity contribution in [3.63, 3.8) is 0 Å². The molecule has 0 radical (unpaired) electrons. The van der Waals surface area contributed by atoms with E-state index < -0.39 is 5.54 Å². The van der Waals surface area contributed by atoms with Crippen LogP contribution in [-0.2, 0) is 12.8 Å². The van der Waals surface area contributed by atoms with Crippen molar-refractivity contribution in [1.82, 2.24) is 0 Å². The van der Waals surface area contributed by atoms with Crippen LogP contribution in [0.4, 0.5) is 0 Å². The van der Waals surface area contributed by atoms with Crippen molar-refractivity contribution in [1.29, 1.82) is 0 Å². The fraction of sp³-hybridized carbons (Fsp3) is 0.294. The Labute approximate surface area is 135 Å². The van der Waals surface area contributed by atoms with Crippen molar-refractivity contribution in [2.45, 2.75) is 25.3 Å². The van der Waals surface area contributed by atoms with E-state index in [0.29, 0.717) is 16.5 Å². The predicted octanol–water partition coefficient (Wildman–Crippen LogP) is 4.50. The average Bonchev–Trinajstić information content (AvgIpc) is 2.44. The molecule has 0 aliphatic rings. The molecule has 0 amide bonds. The van der Waals surface area contributed by atoms with Crippen LogP contribution in [0.5, 0.6) is 5.75 Å². The van der Waals surface area contributed by atoms with Gasteiger partial charge in [-0.15, -0.1) is 0 Å². The van der Waals surface area contributed by atoms with E-state index >= 15 is 0 Å². The van der Waals surface area contributed by atoms with Crippen LogP contribution in [0.25, 0.3) is 0 Å². The summed E-state index contributed by atoms with van der Waals surface area (Å²) in [5.74, 6) is 0.843. The van der Waals surface area contributed by atoms with Crippen LogP contribution < -0.4 is 10.5 Å². The van der Waals surface area contributed by atoms with Gasteiger partial charge in [-0.2, -0.15) is 0 Å². The lowest BCUT2D eigenvalue weighted by molar-refractivity contribution is 0.414. The maximum absolute atomic E-state index is 6.44. The number of benzene rings is 2. The lowest BCUT2D eigenvalue weighted by atomic mass is 9.87. The SMILES string of the molecule is COc1ccc(CC(C)(N)Cc2cccc(Cl)c2Cl)cc1. The summed E-state index contributed by atoms with van der Waals surface area (Å²) in [4.78, 5) is 0. The highest BCUT2D eigenvalue weighted by molar-refractivity contribution is 6.42. The zero-order valence-electron chi connectivity index (χ0n) is 12.2. The third-order valence-electron chi connectivity index (χ3n) is 3.39. The number of halogens is 2. The second-order valence-electron chi connectivity index (χ2n) is 5.57. The number of hydrogen-bond acceptors (Lipinski definition) is 2. The normalized spacial score (nSPS) is 13.8. The Hall–Kier alpha value is -1.22. The molecule has 112 valence electrons. The van der Waals surface area contributed by atoms with Crippen LogP contribution in [0.15, 0.2) is 42.5 Å².